The fourth-order valence-electron chi connectivity index (χ4n) is 3.95. The molecule has 2 aliphatic heterocycles. The Kier molecular flexibility index (Phi) is 4.50. The molecule has 0 bridgehead atoms. The van der Waals surface area contributed by atoms with E-state index in [9.17, 15) is 4.79 Å². The zero-order chi connectivity index (χ0) is 17.3. The molecule has 4 rings (SSSR count). The molecule has 0 aliphatic carbocycles. The molecule has 0 saturated carbocycles. The average molecular weight is 345 g/mol. The van der Waals surface area contributed by atoms with Crippen LogP contribution in [0.2, 0.25) is 0 Å². The van der Waals surface area contributed by atoms with Crippen LogP contribution in [0, 0.1) is 0 Å². The lowest BCUT2D eigenvalue weighted by molar-refractivity contribution is -0.0873. The van der Waals surface area contributed by atoms with Gasteiger partial charge in [-0.25, -0.2) is 0 Å². The van der Waals surface area contributed by atoms with E-state index in [1.165, 1.54) is 0 Å². The molecule has 1 amide bonds. The highest BCUT2D eigenvalue weighted by atomic mass is 16.5. The van der Waals surface area contributed by atoms with Crippen LogP contribution in [-0.2, 0) is 20.8 Å². The second kappa shape index (κ2) is 6.78. The van der Waals surface area contributed by atoms with Gasteiger partial charge in [-0.2, -0.15) is 0 Å². The number of carbonyl (C=O) groups is 1. The van der Waals surface area contributed by atoms with Crippen molar-refractivity contribution < 1.29 is 23.4 Å². The van der Waals surface area contributed by atoms with Gasteiger partial charge in [0.15, 0.2) is 5.76 Å². The van der Waals surface area contributed by atoms with Gasteiger partial charge in [-0.05, 0) is 12.5 Å². The van der Waals surface area contributed by atoms with Crippen LogP contribution in [0.25, 0.3) is 11.0 Å². The number of carbonyl (C=O) groups excluding carboxylic acids is 1. The summed E-state index contributed by atoms with van der Waals surface area (Å²) in [6, 6.07) is 7.62. The number of hydrogen-bond donors (Lipinski definition) is 1. The van der Waals surface area contributed by atoms with Crippen LogP contribution < -0.4 is 5.32 Å². The third-order valence-electron chi connectivity index (χ3n) is 5.27. The number of hydrogen-bond acceptors (Lipinski definition) is 5. The lowest BCUT2D eigenvalue weighted by atomic mass is 9.86. The van der Waals surface area contributed by atoms with Crippen LogP contribution in [0.1, 0.15) is 35.4 Å². The minimum atomic E-state index is -0.304. The molecule has 25 heavy (non-hydrogen) atoms. The molecule has 1 atom stereocenters. The van der Waals surface area contributed by atoms with Gasteiger partial charge in [0.25, 0.3) is 5.91 Å². The molecule has 3 heterocycles. The maximum atomic E-state index is 12.9. The summed E-state index contributed by atoms with van der Waals surface area (Å²) in [6.07, 6.45) is 2.43. The molecule has 1 aromatic carbocycles. The number of furan rings is 1. The normalized spacial score (nSPS) is 22.5. The van der Waals surface area contributed by atoms with Crippen molar-refractivity contribution in [3.63, 3.8) is 0 Å². The maximum absolute atomic E-state index is 12.9. The summed E-state index contributed by atoms with van der Waals surface area (Å²) < 4.78 is 22.6. The number of nitrogens with one attached hydrogen (secondary N) is 1. The van der Waals surface area contributed by atoms with Gasteiger partial charge in [-0.15, -0.1) is 0 Å². The summed E-state index contributed by atoms with van der Waals surface area (Å²) in [5, 5.41) is 4.06. The van der Waals surface area contributed by atoms with Crippen molar-refractivity contribution in [2.75, 3.05) is 26.9 Å². The molecule has 134 valence electrons. The second-order valence-electron chi connectivity index (χ2n) is 6.68. The van der Waals surface area contributed by atoms with E-state index in [0.29, 0.717) is 37.8 Å². The third kappa shape index (κ3) is 2.94. The number of benzene rings is 1. The lowest BCUT2D eigenvalue weighted by Gasteiger charge is -2.37. The molecule has 6 heteroatoms. The van der Waals surface area contributed by atoms with Gasteiger partial charge in [0.05, 0.1) is 18.2 Å². The molecule has 1 spiro atoms. The van der Waals surface area contributed by atoms with E-state index >= 15 is 0 Å². The predicted molar refractivity (Wildman–Crippen MR) is 91.5 cm³/mol. The SMILES string of the molecule is COCc1c(C(=O)NC2CCOC23CCOCC3)oc2ccccc12. The van der Waals surface area contributed by atoms with E-state index in [1.54, 1.807) is 7.11 Å². The summed E-state index contributed by atoms with van der Waals surface area (Å²) in [5.74, 6) is 0.127. The summed E-state index contributed by atoms with van der Waals surface area (Å²) >= 11 is 0. The summed E-state index contributed by atoms with van der Waals surface area (Å²) in [6.45, 7) is 2.34. The van der Waals surface area contributed by atoms with Gasteiger partial charge in [0.1, 0.15) is 5.58 Å². The molecule has 1 aromatic heterocycles. The maximum Gasteiger partial charge on any atom is 0.287 e. The van der Waals surface area contributed by atoms with Gasteiger partial charge < -0.3 is 23.9 Å². The Morgan fingerprint density at radius 1 is 1.28 bits per heavy atom. The van der Waals surface area contributed by atoms with Gasteiger partial charge in [-0.3, -0.25) is 4.79 Å². The smallest absolute Gasteiger partial charge is 0.287 e. The Hall–Kier alpha value is -1.89. The first-order chi connectivity index (χ1) is 12.2. The molecule has 1 N–H and O–H groups in total. The van der Waals surface area contributed by atoms with Crippen LogP contribution in [-0.4, -0.2) is 44.5 Å². The van der Waals surface area contributed by atoms with Crippen molar-refractivity contribution in [1.82, 2.24) is 5.32 Å². The van der Waals surface area contributed by atoms with Crippen molar-refractivity contribution in [2.45, 2.75) is 37.5 Å². The molecular formula is C19H23NO5. The Balaban J connectivity index is 1.60. The number of methoxy groups -OCH3 is 1. The zero-order valence-corrected chi connectivity index (χ0v) is 14.4. The number of fused-ring (bicyclic) bond motifs is 1. The minimum absolute atomic E-state index is 0.0208. The predicted octanol–water partition coefficient (Wildman–Crippen LogP) is 2.65. The van der Waals surface area contributed by atoms with E-state index in [2.05, 4.69) is 5.32 Å². The quantitative estimate of drug-likeness (QED) is 0.922. The molecule has 0 radical (unpaired) electrons. The Morgan fingerprint density at radius 2 is 2.08 bits per heavy atom. The van der Waals surface area contributed by atoms with Crippen molar-refractivity contribution in [3.8, 4) is 0 Å². The number of rotatable bonds is 4. The molecule has 6 nitrogen and oxygen atoms in total. The number of para-hydroxylation sites is 1. The lowest BCUT2D eigenvalue weighted by Crippen LogP contribution is -2.52. The average Bonchev–Trinajstić information content (AvgIpc) is 3.18. The topological polar surface area (TPSA) is 69.9 Å². The zero-order valence-electron chi connectivity index (χ0n) is 14.4. The third-order valence-corrected chi connectivity index (χ3v) is 5.27. The Bertz CT molecular complexity index is 762. The number of amides is 1. The van der Waals surface area contributed by atoms with Crippen molar-refractivity contribution >= 4 is 16.9 Å². The molecular weight excluding hydrogens is 322 g/mol. The first-order valence-electron chi connectivity index (χ1n) is 8.75. The fourth-order valence-corrected chi connectivity index (χ4v) is 3.95. The summed E-state index contributed by atoms with van der Waals surface area (Å²) in [4.78, 5) is 12.9. The summed E-state index contributed by atoms with van der Waals surface area (Å²) in [5.41, 5.74) is 1.18. The molecule has 2 fully saturated rings. The van der Waals surface area contributed by atoms with Crippen LogP contribution >= 0.6 is 0 Å². The van der Waals surface area contributed by atoms with E-state index in [1.807, 2.05) is 24.3 Å². The highest BCUT2D eigenvalue weighted by Crippen LogP contribution is 2.36. The van der Waals surface area contributed by atoms with Crippen molar-refractivity contribution in [1.29, 1.82) is 0 Å². The Morgan fingerprint density at radius 3 is 2.88 bits per heavy atom. The monoisotopic (exact) mass is 345 g/mol. The minimum Gasteiger partial charge on any atom is -0.451 e. The van der Waals surface area contributed by atoms with Crippen molar-refractivity contribution in [3.05, 3.63) is 35.6 Å². The Labute approximate surface area is 146 Å². The second-order valence-corrected chi connectivity index (χ2v) is 6.68. The van der Waals surface area contributed by atoms with E-state index in [0.717, 1.165) is 30.2 Å². The highest BCUT2D eigenvalue weighted by molar-refractivity contribution is 5.99. The van der Waals surface area contributed by atoms with Gasteiger partial charge in [0.2, 0.25) is 0 Å². The van der Waals surface area contributed by atoms with Crippen molar-refractivity contribution in [2.24, 2.45) is 0 Å². The van der Waals surface area contributed by atoms with Crippen LogP contribution in [0.15, 0.2) is 28.7 Å². The van der Waals surface area contributed by atoms with Crippen LogP contribution in [0.4, 0.5) is 0 Å². The van der Waals surface area contributed by atoms with Gasteiger partial charge >= 0.3 is 0 Å². The fraction of sp³-hybridized carbons (Fsp3) is 0.526. The van der Waals surface area contributed by atoms with Gasteiger partial charge in [-0.1, -0.05) is 18.2 Å². The number of ether oxygens (including phenoxy) is 3. The van der Waals surface area contributed by atoms with Crippen LogP contribution in [0.5, 0.6) is 0 Å². The standard InChI is InChI=1S/C19H23NO5/c1-22-12-14-13-4-2-3-5-15(13)25-17(14)18(21)20-16-6-9-24-19(16)7-10-23-11-8-19/h2-5,16H,6-12H2,1H3,(H,20,21). The first kappa shape index (κ1) is 16.6. The van der Waals surface area contributed by atoms with E-state index < -0.39 is 0 Å². The summed E-state index contributed by atoms with van der Waals surface area (Å²) in [7, 11) is 1.62. The molecule has 2 saturated heterocycles. The molecule has 2 aromatic rings. The van der Waals surface area contributed by atoms with E-state index in [4.69, 9.17) is 18.6 Å². The van der Waals surface area contributed by atoms with E-state index in [-0.39, 0.29) is 17.6 Å². The highest BCUT2D eigenvalue weighted by Gasteiger charge is 2.46. The molecule has 1 unspecified atom stereocenters. The van der Waals surface area contributed by atoms with Gasteiger partial charge in [0, 0.05) is 50.7 Å². The molecule has 2 aliphatic rings. The first-order valence-corrected chi connectivity index (χ1v) is 8.75. The largest absolute Gasteiger partial charge is 0.451 e. The van der Waals surface area contributed by atoms with Crippen LogP contribution in [0.3, 0.4) is 0 Å².